The average Bonchev–Trinajstić information content (AvgIpc) is 1.35. The molecule has 0 aliphatic carbocycles. The summed E-state index contributed by atoms with van der Waals surface area (Å²) in [7, 11) is -2.72. The molecule has 0 aliphatic heterocycles. The van der Waals surface area contributed by atoms with E-state index in [1.165, 1.54) is 0 Å². The summed E-state index contributed by atoms with van der Waals surface area (Å²) >= 11 is 0. The first-order chi connectivity index (χ1) is 2.77. The first-order valence-electron chi connectivity index (χ1n) is 1.19. The van der Waals surface area contributed by atoms with Crippen LogP contribution >= 0.6 is 8.25 Å². The monoisotopic (exact) mass is 129 g/mol. The van der Waals surface area contributed by atoms with E-state index in [2.05, 4.69) is 11.1 Å². The Kier molecular flexibility index (Phi) is 9.95. The molecule has 0 bridgehead atoms. The summed E-state index contributed by atoms with van der Waals surface area (Å²) in [5, 5.41) is 0. The molecule has 0 spiro atoms. The van der Waals surface area contributed by atoms with Crippen molar-refractivity contribution in [1.82, 2.24) is 0 Å². The normalized spacial score (nSPS) is 8.43. The van der Waals surface area contributed by atoms with Gasteiger partial charge < -0.3 is 4.89 Å². The van der Waals surface area contributed by atoms with Crippen LogP contribution in [0.5, 0.6) is 0 Å². The van der Waals surface area contributed by atoms with E-state index < -0.39 is 8.25 Å². The second-order valence-electron chi connectivity index (χ2n) is 0.496. The van der Waals surface area contributed by atoms with Crippen molar-refractivity contribution in [2.45, 2.75) is 0 Å². The first kappa shape index (κ1) is 10.6. The number of hydrogen-bond acceptors (Lipinski definition) is 3. The molecule has 0 rings (SSSR count). The van der Waals surface area contributed by atoms with Gasteiger partial charge in [0, 0.05) is 0 Å². The van der Waals surface area contributed by atoms with E-state index in [1.54, 1.807) is 0 Å². The van der Waals surface area contributed by atoms with Crippen LogP contribution in [0.1, 0.15) is 0 Å². The predicted molar refractivity (Wildman–Crippen MR) is 18.9 cm³/mol. The molecule has 0 radical (unpaired) electrons. The molecule has 5 heteroatoms. The largest absolute Gasteiger partial charge is 1.00 e. The van der Waals surface area contributed by atoms with Crippen LogP contribution in [-0.4, -0.2) is 0 Å². The molecule has 0 aromatic rings. The average molecular weight is 129 g/mol. The van der Waals surface area contributed by atoms with Crippen molar-refractivity contribution >= 4 is 8.25 Å². The molecular weight excluding hydrogens is 126 g/mol. The smallest absolute Gasteiger partial charge is 0.558 e. The van der Waals surface area contributed by atoms with Crippen molar-refractivity contribution in [3.05, 3.63) is 12.8 Å². The summed E-state index contributed by atoms with van der Waals surface area (Å²) in [5.41, 5.74) is 0. The molecule has 3 nitrogen and oxygen atoms in total. The summed E-state index contributed by atoms with van der Waals surface area (Å²) < 4.78 is 13.1. The number of hydrogen-bond donors (Lipinski definition) is 0. The number of rotatable bonds is 2. The minimum atomic E-state index is -2.72. The maximum Gasteiger partial charge on any atom is 1.00 e. The fourth-order valence-electron chi connectivity index (χ4n) is 0.0609. The van der Waals surface area contributed by atoms with Crippen LogP contribution in [0.2, 0.25) is 0 Å². The van der Waals surface area contributed by atoms with E-state index in [9.17, 15) is 9.46 Å². The molecule has 0 aliphatic rings. The van der Waals surface area contributed by atoms with Gasteiger partial charge >= 0.3 is 37.8 Å². The summed E-state index contributed by atoms with van der Waals surface area (Å²) in [4.78, 5) is 9.34. The summed E-state index contributed by atoms with van der Waals surface area (Å²) in [6, 6.07) is 0. The van der Waals surface area contributed by atoms with Gasteiger partial charge in [0.2, 0.25) is 0 Å². The molecule has 0 aromatic heterocycles. The Morgan fingerprint density at radius 1 is 1.86 bits per heavy atom. The van der Waals surface area contributed by atoms with E-state index in [4.69, 9.17) is 0 Å². The van der Waals surface area contributed by atoms with Crippen LogP contribution in [-0.2, 0) is 9.09 Å². The zero-order valence-electron chi connectivity index (χ0n) is 3.96. The van der Waals surface area contributed by atoms with Crippen molar-refractivity contribution in [2.75, 3.05) is 0 Å². The third-order valence-electron chi connectivity index (χ3n) is 0.161. The van der Waals surface area contributed by atoms with E-state index >= 15 is 0 Å². The van der Waals surface area contributed by atoms with Crippen molar-refractivity contribution in [3.8, 4) is 0 Å². The standard InChI is InChI=1S/C2H3O3P.Na/c1-2-5-6(3)4;/h2H,1H2;/q;+1. The Hall–Kier alpha value is 0.600. The molecule has 1 atom stereocenters. The molecular formula is C2H3NaO3P+. The molecule has 0 heterocycles. The fraction of sp³-hybridized carbons (Fsp3) is 0. The topological polar surface area (TPSA) is 49.4 Å². The minimum absolute atomic E-state index is 0. The van der Waals surface area contributed by atoms with Gasteiger partial charge in [-0.25, -0.2) is 0 Å². The zero-order valence-corrected chi connectivity index (χ0v) is 6.85. The SMILES string of the molecule is C=CO[P+](=O)[O-].[Na+]. The minimum Gasteiger partial charge on any atom is -0.558 e. The van der Waals surface area contributed by atoms with Gasteiger partial charge in [0.1, 0.15) is 6.26 Å². The Bertz CT molecular complexity index is 73.3. The van der Waals surface area contributed by atoms with Gasteiger partial charge in [0.05, 0.1) is 0 Å². The Morgan fingerprint density at radius 3 is 2.29 bits per heavy atom. The molecule has 1 unspecified atom stereocenters. The maximum absolute atomic E-state index is 9.34. The Balaban J connectivity index is 0. The van der Waals surface area contributed by atoms with E-state index in [0.717, 1.165) is 6.26 Å². The van der Waals surface area contributed by atoms with E-state index in [-0.39, 0.29) is 29.6 Å². The summed E-state index contributed by atoms with van der Waals surface area (Å²) in [6.45, 7) is 2.99. The molecule has 34 valence electrons. The van der Waals surface area contributed by atoms with Gasteiger partial charge in [0.25, 0.3) is 0 Å². The molecule has 0 N–H and O–H groups in total. The molecule has 7 heavy (non-hydrogen) atoms. The molecule has 0 aromatic carbocycles. The molecule has 0 saturated heterocycles. The maximum atomic E-state index is 9.34. The zero-order chi connectivity index (χ0) is 4.99. The summed E-state index contributed by atoms with van der Waals surface area (Å²) in [6.07, 6.45) is 0.853. The second-order valence-corrected chi connectivity index (χ2v) is 1.15. The first-order valence-corrected chi connectivity index (χ1v) is 2.29. The second kappa shape index (κ2) is 6.60. The third kappa shape index (κ3) is 10.8. The van der Waals surface area contributed by atoms with Crippen LogP contribution in [0.15, 0.2) is 12.8 Å². The summed E-state index contributed by atoms with van der Waals surface area (Å²) in [5.74, 6) is 0. The van der Waals surface area contributed by atoms with Crippen molar-refractivity contribution < 1.29 is 43.5 Å². The van der Waals surface area contributed by atoms with Crippen LogP contribution in [0.3, 0.4) is 0 Å². The quantitative estimate of drug-likeness (QED) is 0.229. The van der Waals surface area contributed by atoms with Crippen LogP contribution in [0.25, 0.3) is 0 Å². The van der Waals surface area contributed by atoms with E-state index in [0.29, 0.717) is 0 Å². The Morgan fingerprint density at radius 2 is 2.29 bits per heavy atom. The van der Waals surface area contributed by atoms with Crippen molar-refractivity contribution in [2.24, 2.45) is 0 Å². The molecule has 0 amide bonds. The van der Waals surface area contributed by atoms with Crippen molar-refractivity contribution in [3.63, 3.8) is 0 Å². The van der Waals surface area contributed by atoms with Crippen LogP contribution in [0, 0.1) is 0 Å². The van der Waals surface area contributed by atoms with Gasteiger partial charge in [-0.2, -0.15) is 0 Å². The van der Waals surface area contributed by atoms with Gasteiger partial charge in [-0.1, -0.05) is 6.58 Å². The molecule has 0 saturated carbocycles. The third-order valence-corrected chi connectivity index (χ3v) is 0.482. The van der Waals surface area contributed by atoms with Gasteiger partial charge in [-0.05, 0) is 4.57 Å². The fourth-order valence-corrected chi connectivity index (χ4v) is 0.183. The van der Waals surface area contributed by atoms with Crippen LogP contribution < -0.4 is 34.5 Å². The van der Waals surface area contributed by atoms with Crippen molar-refractivity contribution in [1.29, 1.82) is 0 Å². The van der Waals surface area contributed by atoms with E-state index in [1.807, 2.05) is 0 Å². The van der Waals surface area contributed by atoms with Gasteiger partial charge in [0.15, 0.2) is 0 Å². The molecule has 0 fully saturated rings. The predicted octanol–water partition coefficient (Wildman–Crippen LogP) is -2.83. The van der Waals surface area contributed by atoms with Gasteiger partial charge in [-0.15, -0.1) is 0 Å². The van der Waals surface area contributed by atoms with Crippen LogP contribution in [0.4, 0.5) is 0 Å². The van der Waals surface area contributed by atoms with Gasteiger partial charge in [-0.3, -0.25) is 4.52 Å². The Labute approximate surface area is 64.6 Å².